The topological polar surface area (TPSA) is 20.2 Å². The molecule has 2 atom stereocenters. The Morgan fingerprint density at radius 2 is 2.08 bits per heavy atom. The van der Waals surface area contributed by atoms with Gasteiger partial charge in [0.15, 0.2) is 0 Å². The molecule has 0 saturated heterocycles. The average molecular weight is 168 g/mol. The zero-order valence-electron chi connectivity index (χ0n) is 8.59. The first-order chi connectivity index (χ1) is 5.42. The zero-order chi connectivity index (χ0) is 9.78. The zero-order valence-corrected chi connectivity index (χ0v) is 8.59. The van der Waals surface area contributed by atoms with Gasteiger partial charge in [0, 0.05) is 5.41 Å². The summed E-state index contributed by atoms with van der Waals surface area (Å²) in [7, 11) is 0. The third-order valence-electron chi connectivity index (χ3n) is 2.37. The fourth-order valence-corrected chi connectivity index (χ4v) is 0.848. The van der Waals surface area contributed by atoms with Crippen molar-refractivity contribution in [3.8, 4) is 0 Å². The summed E-state index contributed by atoms with van der Waals surface area (Å²) in [4.78, 5) is 0. The van der Waals surface area contributed by atoms with Crippen LogP contribution in [0.4, 0.5) is 0 Å². The minimum Gasteiger partial charge on any atom is -0.393 e. The van der Waals surface area contributed by atoms with Crippen LogP contribution in [0.5, 0.6) is 0 Å². The molecule has 0 radical (unpaired) electrons. The summed E-state index contributed by atoms with van der Waals surface area (Å²) < 4.78 is 0. The minimum absolute atomic E-state index is 0.183. The van der Waals surface area contributed by atoms with Crippen molar-refractivity contribution in [2.75, 3.05) is 0 Å². The maximum Gasteiger partial charge on any atom is 0.0602 e. The number of aliphatic hydroxyl groups is 1. The normalized spacial score (nSPS) is 17.8. The van der Waals surface area contributed by atoms with Crippen LogP contribution >= 0.6 is 0 Å². The summed E-state index contributed by atoms with van der Waals surface area (Å²) in [6, 6.07) is 0. The van der Waals surface area contributed by atoms with Crippen LogP contribution in [-0.2, 0) is 0 Å². The molecule has 0 aromatic rings. The van der Waals surface area contributed by atoms with E-state index in [0.717, 1.165) is 6.42 Å². The van der Waals surface area contributed by atoms with Crippen molar-refractivity contribution in [1.82, 2.24) is 0 Å². The maximum atomic E-state index is 9.48. The van der Waals surface area contributed by atoms with Crippen LogP contribution in [0.15, 0.2) is 24.3 Å². The quantitative estimate of drug-likeness (QED) is 0.640. The monoisotopic (exact) mass is 168 g/mol. The van der Waals surface area contributed by atoms with E-state index in [4.69, 9.17) is 0 Å². The van der Waals surface area contributed by atoms with Crippen molar-refractivity contribution in [1.29, 1.82) is 0 Å². The van der Waals surface area contributed by atoms with Gasteiger partial charge in [-0.25, -0.2) is 0 Å². The molecular weight excluding hydrogens is 148 g/mol. The van der Waals surface area contributed by atoms with Gasteiger partial charge < -0.3 is 5.11 Å². The predicted molar refractivity (Wildman–Crippen MR) is 54.0 cm³/mol. The molecule has 12 heavy (non-hydrogen) atoms. The average Bonchev–Trinajstić information content (AvgIpc) is 1.99. The SMILES string of the molecule is C=CC(C)(CC=C(C)C)C(C)O. The molecule has 0 rings (SSSR count). The van der Waals surface area contributed by atoms with Crippen LogP contribution in [-0.4, -0.2) is 11.2 Å². The first-order valence-electron chi connectivity index (χ1n) is 4.37. The molecule has 0 aromatic carbocycles. The van der Waals surface area contributed by atoms with Crippen LogP contribution in [0.2, 0.25) is 0 Å². The largest absolute Gasteiger partial charge is 0.393 e. The van der Waals surface area contributed by atoms with Gasteiger partial charge in [0.05, 0.1) is 6.10 Å². The van der Waals surface area contributed by atoms with Crippen molar-refractivity contribution in [3.63, 3.8) is 0 Å². The second kappa shape index (κ2) is 4.46. The summed E-state index contributed by atoms with van der Waals surface area (Å²) >= 11 is 0. The van der Waals surface area contributed by atoms with Gasteiger partial charge >= 0.3 is 0 Å². The van der Waals surface area contributed by atoms with Gasteiger partial charge in [0.1, 0.15) is 0 Å². The molecule has 2 unspecified atom stereocenters. The molecule has 0 fully saturated rings. The standard InChI is InChI=1S/C11H20O/c1-6-11(5,10(4)12)8-7-9(2)3/h6-7,10,12H,1,8H2,2-5H3. The molecule has 0 aromatic heterocycles. The van der Waals surface area contributed by atoms with E-state index in [0.29, 0.717) is 0 Å². The molecule has 1 N–H and O–H groups in total. The third kappa shape index (κ3) is 3.22. The Morgan fingerprint density at radius 3 is 2.33 bits per heavy atom. The van der Waals surface area contributed by atoms with E-state index in [1.54, 1.807) is 6.92 Å². The second-order valence-electron chi connectivity index (χ2n) is 3.87. The van der Waals surface area contributed by atoms with E-state index in [1.165, 1.54) is 5.57 Å². The minimum atomic E-state index is -0.342. The van der Waals surface area contributed by atoms with Crippen molar-refractivity contribution in [3.05, 3.63) is 24.3 Å². The van der Waals surface area contributed by atoms with Crippen LogP contribution in [0.25, 0.3) is 0 Å². The van der Waals surface area contributed by atoms with Gasteiger partial charge in [-0.05, 0) is 27.2 Å². The van der Waals surface area contributed by atoms with Gasteiger partial charge in [-0.15, -0.1) is 6.58 Å². The third-order valence-corrected chi connectivity index (χ3v) is 2.37. The van der Waals surface area contributed by atoms with Crippen molar-refractivity contribution in [2.24, 2.45) is 5.41 Å². The van der Waals surface area contributed by atoms with E-state index in [1.807, 2.05) is 13.0 Å². The first-order valence-corrected chi connectivity index (χ1v) is 4.37. The highest BCUT2D eigenvalue weighted by molar-refractivity contribution is 5.04. The Balaban J connectivity index is 4.35. The van der Waals surface area contributed by atoms with E-state index < -0.39 is 0 Å². The van der Waals surface area contributed by atoms with Crippen molar-refractivity contribution >= 4 is 0 Å². The highest BCUT2D eigenvalue weighted by Gasteiger charge is 2.24. The molecule has 0 bridgehead atoms. The number of rotatable bonds is 4. The van der Waals surface area contributed by atoms with Crippen LogP contribution in [0, 0.1) is 5.41 Å². The molecule has 1 heteroatoms. The Bertz CT molecular complexity index is 175. The molecule has 70 valence electrons. The van der Waals surface area contributed by atoms with Crippen molar-refractivity contribution < 1.29 is 5.11 Å². The highest BCUT2D eigenvalue weighted by atomic mass is 16.3. The smallest absolute Gasteiger partial charge is 0.0602 e. The summed E-state index contributed by atoms with van der Waals surface area (Å²) in [5.41, 5.74) is 1.10. The summed E-state index contributed by atoms with van der Waals surface area (Å²) in [5, 5.41) is 9.48. The molecule has 0 aliphatic heterocycles. The lowest BCUT2D eigenvalue weighted by molar-refractivity contribution is 0.0891. The van der Waals surface area contributed by atoms with Gasteiger partial charge in [-0.2, -0.15) is 0 Å². The molecule has 0 spiro atoms. The highest BCUT2D eigenvalue weighted by Crippen LogP contribution is 2.28. The van der Waals surface area contributed by atoms with Gasteiger partial charge in [-0.1, -0.05) is 24.6 Å². The number of hydrogen-bond donors (Lipinski definition) is 1. The van der Waals surface area contributed by atoms with Gasteiger partial charge in [0.2, 0.25) is 0 Å². The Labute approximate surface area is 75.8 Å². The van der Waals surface area contributed by atoms with E-state index in [9.17, 15) is 5.11 Å². The van der Waals surface area contributed by atoms with Gasteiger partial charge in [-0.3, -0.25) is 0 Å². The first kappa shape index (κ1) is 11.4. The van der Waals surface area contributed by atoms with Crippen LogP contribution in [0.1, 0.15) is 34.1 Å². The lowest BCUT2D eigenvalue weighted by atomic mass is 9.81. The summed E-state index contributed by atoms with van der Waals surface area (Å²) in [6.07, 6.45) is 4.48. The van der Waals surface area contributed by atoms with Crippen LogP contribution < -0.4 is 0 Å². The van der Waals surface area contributed by atoms with E-state index in [-0.39, 0.29) is 11.5 Å². The predicted octanol–water partition coefficient (Wildman–Crippen LogP) is 2.92. The molecule has 0 aliphatic rings. The van der Waals surface area contributed by atoms with Gasteiger partial charge in [0.25, 0.3) is 0 Å². The summed E-state index contributed by atoms with van der Waals surface area (Å²) in [6.45, 7) is 11.7. The molecule has 0 amide bonds. The summed E-state index contributed by atoms with van der Waals surface area (Å²) in [5.74, 6) is 0. The Morgan fingerprint density at radius 1 is 1.58 bits per heavy atom. The molecule has 0 saturated carbocycles. The number of hydrogen-bond acceptors (Lipinski definition) is 1. The number of allylic oxidation sites excluding steroid dienone is 2. The lowest BCUT2D eigenvalue weighted by Gasteiger charge is -2.27. The van der Waals surface area contributed by atoms with Crippen LogP contribution in [0.3, 0.4) is 0 Å². The second-order valence-corrected chi connectivity index (χ2v) is 3.87. The molecule has 1 nitrogen and oxygen atoms in total. The fourth-order valence-electron chi connectivity index (χ4n) is 0.848. The lowest BCUT2D eigenvalue weighted by Crippen LogP contribution is -2.26. The molecule has 0 aliphatic carbocycles. The Hall–Kier alpha value is -0.560. The Kier molecular flexibility index (Phi) is 4.25. The van der Waals surface area contributed by atoms with E-state index >= 15 is 0 Å². The van der Waals surface area contributed by atoms with E-state index in [2.05, 4.69) is 26.5 Å². The fraction of sp³-hybridized carbons (Fsp3) is 0.636. The number of aliphatic hydroxyl groups excluding tert-OH is 1. The molecular formula is C11H20O. The maximum absolute atomic E-state index is 9.48. The molecule has 0 heterocycles. The van der Waals surface area contributed by atoms with Crippen molar-refractivity contribution in [2.45, 2.75) is 40.2 Å².